The molecule has 0 spiro atoms. The second-order valence-corrected chi connectivity index (χ2v) is 18.4. The Labute approximate surface area is 336 Å². The molecule has 0 aromatic rings. The van der Waals surface area contributed by atoms with Gasteiger partial charge in [-0.15, -0.1) is 31.7 Å². The van der Waals surface area contributed by atoms with Crippen LogP contribution in [0.1, 0.15) is 66.2 Å². The molecule has 0 aromatic heterocycles. The second kappa shape index (κ2) is 29.9. The van der Waals surface area contributed by atoms with Crippen molar-refractivity contribution in [2.24, 2.45) is 11.8 Å². The fourth-order valence-electron chi connectivity index (χ4n) is 5.27. The van der Waals surface area contributed by atoms with Gasteiger partial charge in [0.2, 0.25) is 0 Å². The van der Waals surface area contributed by atoms with Gasteiger partial charge in [-0.2, -0.15) is 0 Å². The van der Waals surface area contributed by atoms with E-state index in [1.54, 1.807) is 27.7 Å². The molecule has 57 heavy (non-hydrogen) atoms. The molecule has 0 amide bonds. The summed E-state index contributed by atoms with van der Waals surface area (Å²) in [6, 6.07) is 0. The third kappa shape index (κ3) is 20.4. The molecular weight excluding hydrogens is 844 g/mol. The van der Waals surface area contributed by atoms with Crippen molar-refractivity contribution in [2.45, 2.75) is 127 Å². The third-order valence-corrected chi connectivity index (χ3v) is 12.4. The van der Waals surface area contributed by atoms with E-state index in [1.165, 1.54) is 0 Å². The molecule has 0 aliphatic carbocycles. The average Bonchev–Trinajstić information content (AvgIpc) is 3.19. The van der Waals surface area contributed by atoms with Crippen LogP contribution in [-0.2, 0) is 68.9 Å². The van der Waals surface area contributed by atoms with Crippen LogP contribution in [0.2, 0.25) is 0 Å². The lowest BCUT2D eigenvalue weighted by Crippen LogP contribution is -2.55. The van der Waals surface area contributed by atoms with Crippen LogP contribution in [-0.4, -0.2) is 158 Å². The maximum Gasteiger partial charge on any atom is 0.697 e. The van der Waals surface area contributed by atoms with E-state index >= 15 is 0 Å². The van der Waals surface area contributed by atoms with E-state index in [-0.39, 0.29) is 45.3 Å². The summed E-state index contributed by atoms with van der Waals surface area (Å²) in [7, 11) is -9.97. The largest absolute Gasteiger partial charge is 0.697 e. The van der Waals surface area contributed by atoms with Gasteiger partial charge >= 0.3 is 32.8 Å². The molecule has 332 valence electrons. The van der Waals surface area contributed by atoms with Crippen molar-refractivity contribution in [3.63, 3.8) is 0 Å². The summed E-state index contributed by atoms with van der Waals surface area (Å²) < 4.78 is 108. The van der Waals surface area contributed by atoms with E-state index in [2.05, 4.69) is 0 Å². The highest BCUT2D eigenvalue weighted by Crippen LogP contribution is 2.34. The lowest BCUT2D eigenvalue weighted by molar-refractivity contribution is -0.282. The first-order valence-electron chi connectivity index (χ1n) is 19.0. The number of hydrogen-bond donors (Lipinski definition) is 6. The molecule has 6 N–H and O–H groups in total. The van der Waals surface area contributed by atoms with Crippen molar-refractivity contribution < 1.29 is 99.5 Å². The summed E-state index contributed by atoms with van der Waals surface area (Å²) in [5, 5.41) is 58.9. The van der Waals surface area contributed by atoms with Gasteiger partial charge < -0.3 is 49.6 Å². The predicted molar refractivity (Wildman–Crippen MR) is 200 cm³/mol. The van der Waals surface area contributed by atoms with Gasteiger partial charge in [-0.05, 0) is 56.9 Å². The summed E-state index contributed by atoms with van der Waals surface area (Å²) in [6.07, 6.45) is -5.95. The summed E-state index contributed by atoms with van der Waals surface area (Å²) in [5.41, 5.74) is -0.210. The van der Waals surface area contributed by atoms with E-state index in [0.29, 0.717) is 38.5 Å². The molecule has 0 saturated carbocycles. The molecule has 25 heteroatoms. The lowest BCUT2D eigenvalue weighted by Gasteiger charge is -2.40. The zero-order valence-corrected chi connectivity index (χ0v) is 36.4. The van der Waals surface area contributed by atoms with Crippen LogP contribution in [0, 0.1) is 11.8 Å². The molecule has 2 aliphatic rings. The van der Waals surface area contributed by atoms with Gasteiger partial charge in [-0.25, -0.2) is 0 Å². The summed E-state index contributed by atoms with van der Waals surface area (Å²) in [5.74, 6) is -1.01. The van der Waals surface area contributed by atoms with Gasteiger partial charge in [-0.1, -0.05) is 13.8 Å². The molecule has 21 nitrogen and oxygen atoms in total. The highest BCUT2D eigenvalue weighted by molar-refractivity contribution is 7.39. The van der Waals surface area contributed by atoms with Crippen LogP contribution in [0.5, 0.6) is 0 Å². The topological polar surface area (TPSA) is 291 Å². The Bertz CT molecular complexity index is 1110. The number of unbranched alkanes of at least 4 members (excludes halogenated alkanes) is 4. The van der Waals surface area contributed by atoms with Gasteiger partial charge in [0.1, 0.15) is 64.1 Å². The van der Waals surface area contributed by atoms with Crippen LogP contribution in [0.4, 0.5) is 0 Å². The van der Waals surface area contributed by atoms with E-state index in [1.807, 2.05) is 0 Å². The summed E-state index contributed by atoms with van der Waals surface area (Å²) in [6.45, 7) is 5.31. The van der Waals surface area contributed by atoms with E-state index in [4.69, 9.17) is 50.6 Å². The van der Waals surface area contributed by atoms with Gasteiger partial charge in [0.05, 0.1) is 25.4 Å². The normalized spacial score (nSPS) is 29.7. The van der Waals surface area contributed by atoms with Gasteiger partial charge in [0, 0.05) is 38.7 Å². The summed E-state index contributed by atoms with van der Waals surface area (Å²) >= 11 is 0. The van der Waals surface area contributed by atoms with E-state index in [0.717, 1.165) is 0 Å². The minimum absolute atomic E-state index is 0.0673. The Morgan fingerprint density at radius 2 is 0.930 bits per heavy atom. The maximum atomic E-state index is 12.4. The van der Waals surface area contributed by atoms with Gasteiger partial charge in [0.15, 0.2) is 24.3 Å². The number of aliphatic hydroxyl groups is 6. The zero-order chi connectivity index (χ0) is 42.3. The first-order valence-corrected chi connectivity index (χ1v) is 23.5. The standard InChI is InChI=1S/C32H62O21P4/c1-21(2)54(39)45-15-16-48-57(42)53-24(19-49-55(40)46-13-9-5-7-11-43-31-22(3)27(35)29(37)25(17-33)51-31)20-50-56(41)47-14-10-6-8-12-44-32-23(4)28(36)30(38)26(18-34)52-32/h21-38H,5-20H2,1-4H3/q+4. The van der Waals surface area contributed by atoms with Gasteiger partial charge in [-0.3, -0.25) is 0 Å². The Kier molecular flexibility index (Phi) is 27.7. The van der Waals surface area contributed by atoms with Crippen LogP contribution in [0.3, 0.4) is 0 Å². The van der Waals surface area contributed by atoms with Crippen LogP contribution >= 0.6 is 32.8 Å². The molecule has 0 bridgehead atoms. The van der Waals surface area contributed by atoms with Crippen LogP contribution in [0.15, 0.2) is 0 Å². The maximum absolute atomic E-state index is 12.4. The quantitative estimate of drug-likeness (QED) is 0.0417. The van der Waals surface area contributed by atoms with Crippen molar-refractivity contribution in [2.75, 3.05) is 66.1 Å². The molecule has 14 unspecified atom stereocenters. The minimum Gasteiger partial charge on any atom is -0.394 e. The smallest absolute Gasteiger partial charge is 0.394 e. The van der Waals surface area contributed by atoms with Crippen molar-refractivity contribution in [1.29, 1.82) is 0 Å². The zero-order valence-electron chi connectivity index (χ0n) is 32.8. The molecule has 2 fully saturated rings. The fraction of sp³-hybridized carbons (Fsp3) is 1.00. The number of rotatable bonds is 32. The molecular formula is C32H62O21P4+4. The Morgan fingerprint density at radius 1 is 0.526 bits per heavy atom. The number of ether oxygens (including phenoxy) is 4. The number of aliphatic hydroxyl groups excluding tert-OH is 6. The first kappa shape index (κ1) is 52.9. The first-order chi connectivity index (χ1) is 27.2. The fourth-order valence-corrected chi connectivity index (χ4v) is 7.76. The number of hydrogen-bond acceptors (Lipinski definition) is 21. The molecule has 14 atom stereocenters. The van der Waals surface area contributed by atoms with Gasteiger partial charge in [0.25, 0.3) is 0 Å². The highest BCUT2D eigenvalue weighted by atomic mass is 31.1. The average molecular weight is 907 g/mol. The van der Waals surface area contributed by atoms with E-state index in [9.17, 15) is 48.9 Å². The molecule has 2 aliphatic heterocycles. The van der Waals surface area contributed by atoms with E-state index < -0.39 is 126 Å². The van der Waals surface area contributed by atoms with Crippen molar-refractivity contribution in [3.05, 3.63) is 0 Å². The molecule has 0 radical (unpaired) electrons. The monoisotopic (exact) mass is 906 g/mol. The predicted octanol–water partition coefficient (Wildman–Crippen LogP) is 3.12. The molecule has 0 aromatic carbocycles. The Hall–Kier alpha value is -0.280. The summed E-state index contributed by atoms with van der Waals surface area (Å²) in [4.78, 5) is 0. The minimum atomic E-state index is -2.77. The highest BCUT2D eigenvalue weighted by Gasteiger charge is 2.43. The lowest BCUT2D eigenvalue weighted by atomic mass is 9.92. The SMILES string of the molecule is CC1C(OCCCCCO[P+](=O)OCC(CO[P+](=O)OCCCCCOC2OC(CO)C(O)C(O)C2C)O[P+](=O)OCCO[P+](=O)C(C)C)OC(CO)C(O)C1O. The van der Waals surface area contributed by atoms with Crippen molar-refractivity contribution >= 4 is 32.8 Å². The molecule has 2 rings (SSSR count). The van der Waals surface area contributed by atoms with Crippen LogP contribution in [0.25, 0.3) is 0 Å². The third-order valence-electron chi connectivity index (χ3n) is 8.80. The Balaban J connectivity index is 1.68. The molecule has 2 saturated heterocycles. The van der Waals surface area contributed by atoms with Crippen LogP contribution < -0.4 is 0 Å². The second-order valence-electron chi connectivity index (χ2n) is 13.7. The molecule has 2 heterocycles. The van der Waals surface area contributed by atoms with Crippen molar-refractivity contribution in [3.8, 4) is 0 Å². The Morgan fingerprint density at radius 3 is 1.35 bits per heavy atom. The van der Waals surface area contributed by atoms with Crippen molar-refractivity contribution in [1.82, 2.24) is 0 Å².